The highest BCUT2D eigenvalue weighted by molar-refractivity contribution is 5.83. The summed E-state index contributed by atoms with van der Waals surface area (Å²) < 4.78 is 9.98. The van der Waals surface area contributed by atoms with Crippen molar-refractivity contribution in [2.45, 2.75) is 59.5 Å². The Kier molecular flexibility index (Phi) is 5.66. The molecule has 1 atom stereocenters. The number of rotatable bonds is 5. The molecule has 0 radical (unpaired) electrons. The second-order valence-corrected chi connectivity index (χ2v) is 5.57. The van der Waals surface area contributed by atoms with Crippen molar-refractivity contribution in [1.29, 1.82) is 0 Å². The summed E-state index contributed by atoms with van der Waals surface area (Å²) in [5, 5.41) is 0. The van der Waals surface area contributed by atoms with Crippen LogP contribution in [0.25, 0.3) is 0 Å². The molecule has 0 aromatic heterocycles. The molecule has 0 aliphatic carbocycles. The molecule has 0 N–H and O–H groups in total. The molecule has 4 nitrogen and oxygen atoms in total. The van der Waals surface area contributed by atoms with Crippen LogP contribution >= 0.6 is 0 Å². The lowest BCUT2D eigenvalue weighted by atomic mass is 9.82. The van der Waals surface area contributed by atoms with Gasteiger partial charge in [-0.2, -0.15) is 0 Å². The van der Waals surface area contributed by atoms with Crippen molar-refractivity contribution in [1.82, 2.24) is 0 Å². The van der Waals surface area contributed by atoms with E-state index in [1.807, 2.05) is 6.92 Å². The Labute approximate surface area is 104 Å². The lowest BCUT2D eigenvalue weighted by molar-refractivity contribution is -0.165. The Morgan fingerprint density at radius 3 is 2.00 bits per heavy atom. The lowest BCUT2D eigenvalue weighted by Crippen LogP contribution is -2.34. The van der Waals surface area contributed by atoms with Crippen LogP contribution < -0.4 is 0 Å². The normalized spacial score (nSPS) is 14.9. The summed E-state index contributed by atoms with van der Waals surface area (Å²) in [7, 11) is 1.34. The number of carbonyl (C=O) groups excluding carboxylic acids is 2. The van der Waals surface area contributed by atoms with Gasteiger partial charge in [-0.1, -0.05) is 13.3 Å². The van der Waals surface area contributed by atoms with E-state index >= 15 is 0 Å². The van der Waals surface area contributed by atoms with Gasteiger partial charge in [-0.25, -0.2) is 0 Å². The van der Waals surface area contributed by atoms with Gasteiger partial charge in [0.1, 0.15) is 5.60 Å². The first-order valence-corrected chi connectivity index (χ1v) is 5.95. The van der Waals surface area contributed by atoms with Gasteiger partial charge in [0.25, 0.3) is 0 Å². The molecule has 0 spiro atoms. The van der Waals surface area contributed by atoms with Gasteiger partial charge in [0.05, 0.1) is 18.9 Å². The lowest BCUT2D eigenvalue weighted by Gasteiger charge is -2.27. The van der Waals surface area contributed by atoms with Crippen molar-refractivity contribution in [3.05, 3.63) is 0 Å². The predicted octanol–water partition coefficient (Wildman–Crippen LogP) is 2.70. The third-order valence-corrected chi connectivity index (χ3v) is 2.43. The predicted molar refractivity (Wildman–Crippen MR) is 65.5 cm³/mol. The highest BCUT2D eigenvalue weighted by atomic mass is 16.6. The Bertz CT molecular complexity index is 278. The van der Waals surface area contributed by atoms with Crippen molar-refractivity contribution >= 4 is 11.9 Å². The molecule has 0 unspecified atom stereocenters. The van der Waals surface area contributed by atoms with Crippen LogP contribution in [-0.4, -0.2) is 24.6 Å². The third-order valence-electron chi connectivity index (χ3n) is 2.43. The fourth-order valence-corrected chi connectivity index (χ4v) is 1.76. The highest BCUT2D eigenvalue weighted by Crippen LogP contribution is 2.30. The zero-order valence-electron chi connectivity index (χ0n) is 11.8. The van der Waals surface area contributed by atoms with Gasteiger partial charge in [-0.3, -0.25) is 9.59 Å². The summed E-state index contributed by atoms with van der Waals surface area (Å²) in [4.78, 5) is 23.4. The molecule has 4 heteroatoms. The molecule has 100 valence electrons. The first-order valence-electron chi connectivity index (χ1n) is 5.95. The standard InChI is InChI=1S/C13H24O4/c1-7-8-13(5,11(15)16-6)9-10(14)17-12(2,3)4/h7-9H2,1-6H3/t13-/m1/s1. The van der Waals surface area contributed by atoms with Crippen molar-refractivity contribution in [2.24, 2.45) is 5.41 Å². The van der Waals surface area contributed by atoms with E-state index in [0.29, 0.717) is 6.42 Å². The molecule has 0 aromatic carbocycles. The molecular formula is C13H24O4. The summed E-state index contributed by atoms with van der Waals surface area (Å²) >= 11 is 0. The van der Waals surface area contributed by atoms with Crippen LogP contribution in [0.3, 0.4) is 0 Å². The molecule has 0 fully saturated rings. The van der Waals surface area contributed by atoms with E-state index < -0.39 is 11.0 Å². The fourth-order valence-electron chi connectivity index (χ4n) is 1.76. The SMILES string of the molecule is CCC[C@](C)(CC(=O)OC(C)(C)C)C(=O)OC. The minimum Gasteiger partial charge on any atom is -0.469 e. The van der Waals surface area contributed by atoms with Gasteiger partial charge in [0, 0.05) is 0 Å². The number of carbonyl (C=O) groups is 2. The Hall–Kier alpha value is -1.06. The third kappa shape index (κ3) is 5.71. The number of ether oxygens (including phenoxy) is 2. The van der Waals surface area contributed by atoms with Gasteiger partial charge in [-0.05, 0) is 34.1 Å². The van der Waals surface area contributed by atoms with Crippen LogP contribution in [0.5, 0.6) is 0 Å². The maximum atomic E-state index is 11.7. The average Bonchev–Trinajstić information content (AvgIpc) is 2.13. The summed E-state index contributed by atoms with van der Waals surface area (Å²) in [5.41, 5.74) is -1.31. The Morgan fingerprint density at radius 1 is 1.12 bits per heavy atom. The number of hydrogen-bond donors (Lipinski definition) is 0. The van der Waals surface area contributed by atoms with Gasteiger partial charge in [-0.15, -0.1) is 0 Å². The Morgan fingerprint density at radius 2 is 1.65 bits per heavy atom. The van der Waals surface area contributed by atoms with E-state index in [0.717, 1.165) is 6.42 Å². The molecule has 0 bridgehead atoms. The van der Waals surface area contributed by atoms with E-state index in [4.69, 9.17) is 9.47 Å². The molecular weight excluding hydrogens is 220 g/mol. The summed E-state index contributed by atoms with van der Waals surface area (Å²) in [6, 6.07) is 0. The van der Waals surface area contributed by atoms with E-state index in [-0.39, 0.29) is 18.4 Å². The van der Waals surface area contributed by atoms with Crippen molar-refractivity contribution in [3.8, 4) is 0 Å². The van der Waals surface area contributed by atoms with E-state index in [1.165, 1.54) is 7.11 Å². The zero-order chi connectivity index (χ0) is 13.7. The molecule has 0 aliphatic heterocycles. The van der Waals surface area contributed by atoms with Gasteiger partial charge in [0.15, 0.2) is 0 Å². The number of methoxy groups -OCH3 is 1. The molecule has 0 rings (SSSR count). The monoisotopic (exact) mass is 244 g/mol. The fraction of sp³-hybridized carbons (Fsp3) is 0.846. The molecule has 0 aliphatic rings. The first-order chi connectivity index (χ1) is 7.64. The second kappa shape index (κ2) is 6.03. The summed E-state index contributed by atoms with van der Waals surface area (Å²) in [6.07, 6.45) is 1.48. The minimum absolute atomic E-state index is 0.0603. The summed E-state index contributed by atoms with van der Waals surface area (Å²) in [6.45, 7) is 9.13. The van der Waals surface area contributed by atoms with Gasteiger partial charge < -0.3 is 9.47 Å². The van der Waals surface area contributed by atoms with Crippen LogP contribution in [0.4, 0.5) is 0 Å². The molecule has 0 saturated carbocycles. The molecule has 0 aromatic rings. The number of esters is 2. The largest absolute Gasteiger partial charge is 0.469 e. The quantitative estimate of drug-likeness (QED) is 0.698. The van der Waals surface area contributed by atoms with E-state index in [2.05, 4.69) is 0 Å². The first kappa shape index (κ1) is 15.9. The van der Waals surface area contributed by atoms with E-state index in [1.54, 1.807) is 27.7 Å². The molecule has 0 amide bonds. The molecule has 0 saturated heterocycles. The van der Waals surface area contributed by atoms with Crippen LogP contribution in [0.1, 0.15) is 53.9 Å². The maximum Gasteiger partial charge on any atom is 0.312 e. The van der Waals surface area contributed by atoms with Crippen LogP contribution in [0.2, 0.25) is 0 Å². The average molecular weight is 244 g/mol. The van der Waals surface area contributed by atoms with Crippen molar-refractivity contribution in [3.63, 3.8) is 0 Å². The highest BCUT2D eigenvalue weighted by Gasteiger charge is 2.37. The second-order valence-electron chi connectivity index (χ2n) is 5.57. The maximum absolute atomic E-state index is 11.7. The van der Waals surface area contributed by atoms with Crippen molar-refractivity contribution in [2.75, 3.05) is 7.11 Å². The topological polar surface area (TPSA) is 52.6 Å². The minimum atomic E-state index is -0.786. The van der Waals surface area contributed by atoms with Crippen molar-refractivity contribution < 1.29 is 19.1 Å². The van der Waals surface area contributed by atoms with Gasteiger partial charge in [0.2, 0.25) is 0 Å². The molecule has 0 heterocycles. The summed E-state index contributed by atoms with van der Waals surface area (Å²) in [5.74, 6) is -0.718. The van der Waals surface area contributed by atoms with Crippen LogP contribution in [0, 0.1) is 5.41 Å². The van der Waals surface area contributed by atoms with E-state index in [9.17, 15) is 9.59 Å². The Balaban J connectivity index is 4.66. The molecule has 17 heavy (non-hydrogen) atoms. The zero-order valence-corrected chi connectivity index (χ0v) is 11.8. The van der Waals surface area contributed by atoms with Crippen LogP contribution in [0.15, 0.2) is 0 Å². The van der Waals surface area contributed by atoms with Gasteiger partial charge >= 0.3 is 11.9 Å². The smallest absolute Gasteiger partial charge is 0.312 e. The van der Waals surface area contributed by atoms with Crippen LogP contribution in [-0.2, 0) is 19.1 Å². The number of hydrogen-bond acceptors (Lipinski definition) is 4.